The number of aliphatic hydroxyl groups is 1. The molecule has 2 aliphatic heterocycles. The summed E-state index contributed by atoms with van der Waals surface area (Å²) >= 11 is 0. The quantitative estimate of drug-likeness (QED) is 0.232. The number of aliphatic hydroxyl groups excluding tert-OH is 1. The van der Waals surface area contributed by atoms with E-state index in [9.17, 15) is 4.79 Å². The lowest BCUT2D eigenvalue weighted by molar-refractivity contribution is -0.166. The van der Waals surface area contributed by atoms with Gasteiger partial charge in [0.1, 0.15) is 23.4 Å². The average Bonchev–Trinajstić information content (AvgIpc) is 3.73. The summed E-state index contributed by atoms with van der Waals surface area (Å²) in [5.74, 6) is -0.388. The van der Waals surface area contributed by atoms with Crippen LogP contribution in [0.2, 0.25) is 0 Å². The summed E-state index contributed by atoms with van der Waals surface area (Å²) in [6, 6.07) is 7.64. The molecule has 4 rings (SSSR count). The molecule has 7 heteroatoms. The zero-order valence-corrected chi connectivity index (χ0v) is 20.6. The molecule has 2 saturated heterocycles. The van der Waals surface area contributed by atoms with E-state index in [1.54, 1.807) is 13.2 Å². The Labute approximate surface area is 202 Å². The number of allylic oxidation sites excluding steroid dienone is 1. The molecule has 186 valence electrons. The minimum atomic E-state index is -0.393. The highest BCUT2D eigenvalue weighted by Gasteiger charge is 2.72. The highest BCUT2D eigenvalue weighted by molar-refractivity contribution is 5.87. The Morgan fingerprint density at radius 2 is 2.15 bits per heavy atom. The number of esters is 1. The molecule has 0 bridgehead atoms. The van der Waals surface area contributed by atoms with Gasteiger partial charge in [-0.3, -0.25) is 0 Å². The van der Waals surface area contributed by atoms with Crippen LogP contribution in [0.3, 0.4) is 0 Å². The fourth-order valence-electron chi connectivity index (χ4n) is 5.38. The van der Waals surface area contributed by atoms with Crippen LogP contribution in [0.15, 0.2) is 42.0 Å². The van der Waals surface area contributed by atoms with Gasteiger partial charge in [-0.25, -0.2) is 4.79 Å². The Bertz CT molecular complexity index is 935. The number of nitrogens with one attached hydrogen (secondary N) is 1. The third-order valence-electron chi connectivity index (χ3n) is 7.24. The van der Waals surface area contributed by atoms with Gasteiger partial charge < -0.3 is 29.4 Å². The van der Waals surface area contributed by atoms with Gasteiger partial charge in [0, 0.05) is 25.4 Å². The normalized spacial score (nSPS) is 34.1. The maximum atomic E-state index is 12.7. The summed E-state index contributed by atoms with van der Waals surface area (Å²) in [6.07, 6.45) is 7.26. The molecule has 1 saturated carbocycles. The molecule has 0 aromatic heterocycles. The smallest absolute Gasteiger partial charge is 0.331 e. The molecule has 1 spiro atoms. The van der Waals surface area contributed by atoms with Crippen LogP contribution in [-0.4, -0.2) is 67.5 Å². The predicted molar refractivity (Wildman–Crippen MR) is 130 cm³/mol. The van der Waals surface area contributed by atoms with Crippen LogP contribution in [0.4, 0.5) is 5.69 Å². The van der Waals surface area contributed by atoms with E-state index in [0.29, 0.717) is 19.6 Å². The van der Waals surface area contributed by atoms with Gasteiger partial charge >= 0.3 is 5.97 Å². The van der Waals surface area contributed by atoms with Crippen molar-refractivity contribution in [3.63, 3.8) is 0 Å². The first-order valence-corrected chi connectivity index (χ1v) is 12.1. The number of anilines is 1. The standard InChI is InChI=1S/C27H37NO6/c1-18(2)8-10-22-26(3,34-22)25-24(31-4)21(12-13-27(25)17-32-27)33-23(30)11-9-19-6-5-7-20(16-19)28-14-15-29/h5-9,11,16,21-22,24-25,28-29H,10,12-15,17H2,1-4H3/t21-,22-,24-,25-,26+,27+/m1/s1. The number of epoxide rings is 2. The summed E-state index contributed by atoms with van der Waals surface area (Å²) in [4.78, 5) is 12.7. The first-order chi connectivity index (χ1) is 16.3. The van der Waals surface area contributed by atoms with Crippen LogP contribution >= 0.6 is 0 Å². The molecule has 34 heavy (non-hydrogen) atoms. The van der Waals surface area contributed by atoms with Crippen molar-refractivity contribution in [1.82, 2.24) is 0 Å². The molecule has 0 radical (unpaired) electrons. The van der Waals surface area contributed by atoms with Gasteiger partial charge in [-0.05, 0) is 63.8 Å². The SMILES string of the molecule is CO[C@@H]1[C@H](OC(=O)C=Cc2cccc(NCCO)c2)CC[C@]2(CO2)[C@H]1[C@@]1(C)O[C@@H]1CC=C(C)C. The highest BCUT2D eigenvalue weighted by Crippen LogP contribution is 2.59. The molecule has 0 amide bonds. The fraction of sp³-hybridized carbons (Fsp3) is 0.593. The zero-order chi connectivity index (χ0) is 24.3. The van der Waals surface area contributed by atoms with Crippen molar-refractivity contribution >= 4 is 17.7 Å². The van der Waals surface area contributed by atoms with Gasteiger partial charge in [0.25, 0.3) is 0 Å². The molecule has 3 fully saturated rings. The lowest BCUT2D eigenvalue weighted by Gasteiger charge is -2.42. The average molecular weight is 472 g/mol. The number of rotatable bonds is 10. The van der Waals surface area contributed by atoms with E-state index >= 15 is 0 Å². The Morgan fingerprint density at radius 1 is 1.35 bits per heavy atom. The van der Waals surface area contributed by atoms with Crippen LogP contribution in [0, 0.1) is 5.92 Å². The Balaban J connectivity index is 1.42. The van der Waals surface area contributed by atoms with E-state index in [-0.39, 0.29) is 42.0 Å². The Morgan fingerprint density at radius 3 is 2.82 bits per heavy atom. The van der Waals surface area contributed by atoms with Crippen molar-refractivity contribution in [2.75, 3.05) is 32.2 Å². The van der Waals surface area contributed by atoms with Crippen molar-refractivity contribution in [2.24, 2.45) is 5.92 Å². The second-order valence-corrected chi connectivity index (χ2v) is 9.96. The topological polar surface area (TPSA) is 92.9 Å². The molecular weight excluding hydrogens is 434 g/mol. The summed E-state index contributed by atoms with van der Waals surface area (Å²) < 4.78 is 24.0. The summed E-state index contributed by atoms with van der Waals surface area (Å²) in [5.41, 5.74) is 2.43. The number of hydrogen-bond donors (Lipinski definition) is 2. The first-order valence-electron chi connectivity index (χ1n) is 12.1. The number of hydrogen-bond acceptors (Lipinski definition) is 7. The first kappa shape index (κ1) is 24.9. The summed E-state index contributed by atoms with van der Waals surface area (Å²) in [5, 5.41) is 12.1. The van der Waals surface area contributed by atoms with Crippen molar-refractivity contribution in [3.05, 3.63) is 47.6 Å². The molecule has 7 nitrogen and oxygen atoms in total. The van der Waals surface area contributed by atoms with Gasteiger partial charge in [-0.1, -0.05) is 23.8 Å². The largest absolute Gasteiger partial charge is 0.456 e. The van der Waals surface area contributed by atoms with Crippen LogP contribution in [0.1, 0.15) is 45.6 Å². The van der Waals surface area contributed by atoms with Crippen LogP contribution in [0.25, 0.3) is 6.08 Å². The maximum absolute atomic E-state index is 12.7. The Hall–Kier alpha value is -2.19. The molecule has 2 N–H and O–H groups in total. The minimum Gasteiger partial charge on any atom is -0.456 e. The number of carbonyl (C=O) groups is 1. The zero-order valence-electron chi connectivity index (χ0n) is 20.6. The third kappa shape index (κ3) is 5.38. The third-order valence-corrected chi connectivity index (χ3v) is 7.24. The van der Waals surface area contributed by atoms with Gasteiger partial charge in [0.15, 0.2) is 0 Å². The molecule has 1 aromatic carbocycles. The van der Waals surface area contributed by atoms with E-state index in [0.717, 1.165) is 24.1 Å². The second-order valence-electron chi connectivity index (χ2n) is 9.96. The molecule has 1 aliphatic carbocycles. The van der Waals surface area contributed by atoms with Crippen molar-refractivity contribution < 1.29 is 28.8 Å². The van der Waals surface area contributed by atoms with Crippen molar-refractivity contribution in [3.8, 4) is 0 Å². The molecular formula is C27H37NO6. The van der Waals surface area contributed by atoms with Gasteiger partial charge in [0.2, 0.25) is 0 Å². The fourth-order valence-corrected chi connectivity index (χ4v) is 5.38. The Kier molecular flexibility index (Phi) is 7.48. The highest BCUT2D eigenvalue weighted by atomic mass is 16.6. The predicted octanol–water partition coefficient (Wildman–Crippen LogP) is 3.72. The number of ether oxygens (including phenoxy) is 4. The molecule has 2 heterocycles. The molecule has 3 aliphatic rings. The van der Waals surface area contributed by atoms with Gasteiger partial charge in [0.05, 0.1) is 25.2 Å². The van der Waals surface area contributed by atoms with E-state index in [1.807, 2.05) is 24.3 Å². The minimum absolute atomic E-state index is 0.00497. The number of benzene rings is 1. The molecule has 0 unspecified atom stereocenters. The number of carbonyl (C=O) groups excluding carboxylic acids is 1. The van der Waals surface area contributed by atoms with Crippen molar-refractivity contribution in [1.29, 1.82) is 0 Å². The number of methoxy groups -OCH3 is 1. The second kappa shape index (κ2) is 10.2. The van der Waals surface area contributed by atoms with E-state index < -0.39 is 5.97 Å². The maximum Gasteiger partial charge on any atom is 0.331 e. The van der Waals surface area contributed by atoms with Crippen molar-refractivity contribution in [2.45, 2.75) is 69.5 Å². The summed E-state index contributed by atoms with van der Waals surface area (Å²) in [7, 11) is 1.68. The molecule has 1 aromatic rings. The monoisotopic (exact) mass is 471 g/mol. The van der Waals surface area contributed by atoms with Crippen LogP contribution < -0.4 is 5.32 Å². The van der Waals surface area contributed by atoms with Gasteiger partial charge in [-0.15, -0.1) is 0 Å². The van der Waals surface area contributed by atoms with Gasteiger partial charge in [-0.2, -0.15) is 0 Å². The van der Waals surface area contributed by atoms with Crippen LogP contribution in [-0.2, 0) is 23.7 Å². The summed E-state index contributed by atoms with van der Waals surface area (Å²) in [6.45, 7) is 7.55. The van der Waals surface area contributed by atoms with E-state index in [1.165, 1.54) is 11.6 Å². The lowest BCUT2D eigenvalue weighted by Crippen LogP contribution is -2.55. The molecule has 6 atom stereocenters. The van der Waals surface area contributed by atoms with E-state index in [4.69, 9.17) is 24.1 Å². The van der Waals surface area contributed by atoms with Crippen LogP contribution in [0.5, 0.6) is 0 Å². The van der Waals surface area contributed by atoms with E-state index in [2.05, 4.69) is 32.2 Å². The lowest BCUT2D eigenvalue weighted by atomic mass is 9.68.